The highest BCUT2D eigenvalue weighted by Gasteiger charge is 2.19. The molecule has 8 nitrogen and oxygen atoms in total. The maximum Gasteiger partial charge on any atom is 0.278 e. The molecule has 0 aliphatic carbocycles. The lowest BCUT2D eigenvalue weighted by molar-refractivity contribution is -0.383. The molecular weight excluding hydrogens is 372 g/mol. The third kappa shape index (κ3) is 4.22. The first-order valence-electron chi connectivity index (χ1n) is 9.09. The van der Waals surface area contributed by atoms with E-state index >= 15 is 0 Å². The summed E-state index contributed by atoms with van der Waals surface area (Å²) in [7, 11) is 7.22. The lowest BCUT2D eigenvalue weighted by Crippen LogP contribution is -2.27. The van der Waals surface area contributed by atoms with Gasteiger partial charge < -0.3 is 19.7 Å². The minimum atomic E-state index is -0.389. The van der Waals surface area contributed by atoms with E-state index in [1.165, 1.54) is 12.3 Å². The van der Waals surface area contributed by atoms with E-state index in [0.717, 1.165) is 16.6 Å². The largest absolute Gasteiger partial charge is 0.493 e. The van der Waals surface area contributed by atoms with Gasteiger partial charge in [0.25, 0.3) is 5.69 Å². The standard InChI is InChI=1S/C21H24N4O4/c1-24(2)19(14-5-8-20(28-3)21(11-14)29-4)13-23-17-6-7-18(25(26)27)16-12-22-10-9-15(16)17/h5-12,19,23H,13H2,1-4H3/t19-/m0/s1. The molecule has 1 heterocycles. The number of likely N-dealkylation sites (N-methyl/N-ethyl adjacent to an activating group) is 1. The molecule has 3 aromatic rings. The number of methoxy groups -OCH3 is 2. The first-order valence-corrected chi connectivity index (χ1v) is 9.09. The molecule has 8 heteroatoms. The van der Waals surface area contributed by atoms with E-state index in [0.29, 0.717) is 23.4 Å². The number of anilines is 1. The summed E-state index contributed by atoms with van der Waals surface area (Å²) in [6.07, 6.45) is 3.16. The van der Waals surface area contributed by atoms with Crippen molar-refractivity contribution in [1.82, 2.24) is 9.88 Å². The number of benzene rings is 2. The molecule has 2 aromatic carbocycles. The van der Waals surface area contributed by atoms with Crippen molar-refractivity contribution in [3.05, 3.63) is 64.5 Å². The second kappa shape index (κ2) is 8.74. The average Bonchev–Trinajstić information content (AvgIpc) is 2.73. The van der Waals surface area contributed by atoms with Crippen LogP contribution < -0.4 is 14.8 Å². The van der Waals surface area contributed by atoms with Gasteiger partial charge in [-0.25, -0.2) is 0 Å². The van der Waals surface area contributed by atoms with E-state index in [9.17, 15) is 10.1 Å². The molecule has 0 unspecified atom stereocenters. The van der Waals surface area contributed by atoms with Gasteiger partial charge in [0.2, 0.25) is 0 Å². The van der Waals surface area contributed by atoms with Crippen LogP contribution in [-0.2, 0) is 0 Å². The van der Waals surface area contributed by atoms with E-state index in [1.807, 2.05) is 32.3 Å². The molecule has 0 fully saturated rings. The molecule has 0 bridgehead atoms. The van der Waals surface area contributed by atoms with E-state index in [-0.39, 0.29) is 16.7 Å². The summed E-state index contributed by atoms with van der Waals surface area (Å²) >= 11 is 0. The Balaban J connectivity index is 1.91. The van der Waals surface area contributed by atoms with Crippen molar-refractivity contribution < 1.29 is 14.4 Å². The van der Waals surface area contributed by atoms with E-state index < -0.39 is 0 Å². The molecule has 1 aromatic heterocycles. The monoisotopic (exact) mass is 396 g/mol. The Morgan fingerprint density at radius 3 is 2.52 bits per heavy atom. The summed E-state index contributed by atoms with van der Waals surface area (Å²) in [6.45, 7) is 0.595. The van der Waals surface area contributed by atoms with Crippen LogP contribution in [0.5, 0.6) is 11.5 Å². The van der Waals surface area contributed by atoms with Crippen molar-refractivity contribution in [2.24, 2.45) is 0 Å². The van der Waals surface area contributed by atoms with Crippen LogP contribution in [-0.4, -0.2) is 49.7 Å². The molecule has 0 saturated heterocycles. The van der Waals surface area contributed by atoms with Crippen LogP contribution in [0.4, 0.5) is 11.4 Å². The number of aromatic nitrogens is 1. The zero-order valence-electron chi connectivity index (χ0n) is 16.9. The molecule has 0 saturated carbocycles. The summed E-state index contributed by atoms with van der Waals surface area (Å²) in [4.78, 5) is 17.1. The lowest BCUT2D eigenvalue weighted by Gasteiger charge is -2.26. The zero-order valence-corrected chi connectivity index (χ0v) is 16.9. The normalized spacial score (nSPS) is 12.0. The molecule has 0 aliphatic rings. The summed E-state index contributed by atoms with van der Waals surface area (Å²) in [5, 5.41) is 16.0. The van der Waals surface area contributed by atoms with Crippen molar-refractivity contribution >= 4 is 22.1 Å². The Morgan fingerprint density at radius 1 is 1.10 bits per heavy atom. The Labute approximate surface area is 169 Å². The maximum absolute atomic E-state index is 11.3. The Morgan fingerprint density at radius 2 is 1.86 bits per heavy atom. The number of rotatable bonds is 8. The van der Waals surface area contributed by atoms with Gasteiger partial charge in [0, 0.05) is 36.1 Å². The quantitative estimate of drug-likeness (QED) is 0.456. The van der Waals surface area contributed by atoms with Gasteiger partial charge in [0.1, 0.15) is 0 Å². The molecule has 29 heavy (non-hydrogen) atoms. The van der Waals surface area contributed by atoms with Crippen LogP contribution in [0.15, 0.2) is 48.8 Å². The van der Waals surface area contributed by atoms with Gasteiger partial charge in [-0.05, 0) is 43.9 Å². The number of non-ortho nitro benzene ring substituents is 1. The fourth-order valence-corrected chi connectivity index (χ4v) is 3.35. The zero-order chi connectivity index (χ0) is 21.0. The number of hydrogen-bond donors (Lipinski definition) is 1. The van der Waals surface area contributed by atoms with E-state index in [1.54, 1.807) is 32.5 Å². The lowest BCUT2D eigenvalue weighted by atomic mass is 10.0. The molecule has 1 N–H and O–H groups in total. The number of ether oxygens (including phenoxy) is 2. The highest BCUT2D eigenvalue weighted by Crippen LogP contribution is 2.33. The predicted molar refractivity (Wildman–Crippen MR) is 113 cm³/mol. The van der Waals surface area contributed by atoms with Gasteiger partial charge in [-0.1, -0.05) is 6.07 Å². The van der Waals surface area contributed by atoms with Crippen LogP contribution in [0.1, 0.15) is 11.6 Å². The second-order valence-electron chi connectivity index (χ2n) is 6.79. The fraction of sp³-hybridized carbons (Fsp3) is 0.286. The topological polar surface area (TPSA) is 89.8 Å². The van der Waals surface area contributed by atoms with Crippen LogP contribution in [0.25, 0.3) is 10.8 Å². The Kier molecular flexibility index (Phi) is 6.13. The number of fused-ring (bicyclic) bond motifs is 1. The van der Waals surface area contributed by atoms with E-state index in [2.05, 4.69) is 15.2 Å². The number of nitrogens with one attached hydrogen (secondary N) is 1. The maximum atomic E-state index is 11.3. The molecule has 0 amide bonds. The van der Waals surface area contributed by atoms with Crippen molar-refractivity contribution in [2.75, 3.05) is 40.2 Å². The fourth-order valence-electron chi connectivity index (χ4n) is 3.35. The van der Waals surface area contributed by atoms with Crippen LogP contribution in [0.3, 0.4) is 0 Å². The van der Waals surface area contributed by atoms with Gasteiger partial charge >= 0.3 is 0 Å². The van der Waals surface area contributed by atoms with Crippen LogP contribution >= 0.6 is 0 Å². The number of nitrogens with zero attached hydrogens (tertiary/aromatic N) is 3. The third-order valence-corrected chi connectivity index (χ3v) is 4.89. The highest BCUT2D eigenvalue weighted by molar-refractivity contribution is 5.99. The number of nitro benzene ring substituents is 1. The number of pyridine rings is 1. The van der Waals surface area contributed by atoms with Gasteiger partial charge in [-0.3, -0.25) is 15.1 Å². The smallest absolute Gasteiger partial charge is 0.278 e. The summed E-state index contributed by atoms with van der Waals surface area (Å²) in [5.74, 6) is 1.35. The molecule has 152 valence electrons. The summed E-state index contributed by atoms with van der Waals surface area (Å²) in [6, 6.07) is 10.9. The summed E-state index contributed by atoms with van der Waals surface area (Å²) in [5.41, 5.74) is 1.93. The van der Waals surface area contributed by atoms with Gasteiger partial charge in [0.15, 0.2) is 11.5 Å². The molecular formula is C21H24N4O4. The Bertz CT molecular complexity index is 1020. The minimum absolute atomic E-state index is 0.0434. The van der Waals surface area contributed by atoms with Crippen LogP contribution in [0.2, 0.25) is 0 Å². The molecule has 1 atom stereocenters. The van der Waals surface area contributed by atoms with Gasteiger partial charge in [0.05, 0.1) is 30.6 Å². The molecule has 0 aliphatic heterocycles. The van der Waals surface area contributed by atoms with Gasteiger partial charge in [-0.15, -0.1) is 0 Å². The SMILES string of the molecule is COc1ccc([C@H](CNc2ccc([N+](=O)[O-])c3cnccc23)N(C)C)cc1OC. The number of hydrogen-bond acceptors (Lipinski definition) is 7. The van der Waals surface area contributed by atoms with Crippen molar-refractivity contribution in [1.29, 1.82) is 0 Å². The predicted octanol–water partition coefficient (Wildman–Crippen LogP) is 3.88. The third-order valence-electron chi connectivity index (χ3n) is 4.89. The number of nitro groups is 1. The summed E-state index contributed by atoms with van der Waals surface area (Å²) < 4.78 is 10.8. The second-order valence-corrected chi connectivity index (χ2v) is 6.79. The van der Waals surface area contributed by atoms with Crippen LogP contribution in [0, 0.1) is 10.1 Å². The minimum Gasteiger partial charge on any atom is -0.493 e. The van der Waals surface area contributed by atoms with Crippen molar-refractivity contribution in [2.45, 2.75) is 6.04 Å². The first kappa shape index (κ1) is 20.3. The first-order chi connectivity index (χ1) is 14.0. The highest BCUT2D eigenvalue weighted by atomic mass is 16.6. The van der Waals surface area contributed by atoms with Crippen molar-refractivity contribution in [3.8, 4) is 11.5 Å². The molecule has 0 spiro atoms. The van der Waals surface area contributed by atoms with Crippen molar-refractivity contribution in [3.63, 3.8) is 0 Å². The van der Waals surface area contributed by atoms with E-state index in [4.69, 9.17) is 9.47 Å². The molecule has 3 rings (SSSR count). The van der Waals surface area contributed by atoms with Gasteiger partial charge in [-0.2, -0.15) is 0 Å². The Hall–Kier alpha value is -3.39. The molecule has 0 radical (unpaired) electrons. The average molecular weight is 396 g/mol.